The number of benzene rings is 9. The van der Waals surface area contributed by atoms with E-state index in [0.717, 1.165) is 5.69 Å². The van der Waals surface area contributed by atoms with Crippen LogP contribution >= 0.6 is 11.3 Å². The molecule has 2 heteroatoms. The molecule has 10 aromatic rings. The summed E-state index contributed by atoms with van der Waals surface area (Å²) >= 11 is 1.87. The number of thiophene rings is 1. The van der Waals surface area contributed by atoms with Gasteiger partial charge in [0.05, 0.1) is 5.69 Å². The Hall–Kier alpha value is -6.74. The molecule has 1 aromatic heterocycles. The number of hydrogen-bond donors (Lipinski definition) is 0. The lowest BCUT2D eigenvalue weighted by Gasteiger charge is -2.29. The molecule has 9 aromatic carbocycles. The van der Waals surface area contributed by atoms with Crippen molar-refractivity contribution in [1.29, 1.82) is 0 Å². The molecule has 270 valence electrons. The average Bonchev–Trinajstić information content (AvgIpc) is 3.76. The van der Waals surface area contributed by atoms with Gasteiger partial charge in [-0.1, -0.05) is 159 Å². The van der Waals surface area contributed by atoms with Crippen LogP contribution in [0.3, 0.4) is 0 Å². The molecule has 0 aliphatic heterocycles. The normalized spacial score (nSPS) is 12.9. The first-order valence-electron chi connectivity index (χ1n) is 19.7. The Balaban J connectivity index is 0.964. The molecule has 0 atom stereocenters. The lowest BCUT2D eigenvalue weighted by atomic mass is 9.82. The zero-order chi connectivity index (χ0) is 38.1. The molecule has 1 aliphatic carbocycles. The molecule has 1 heterocycles. The molecular formula is C55H39NS. The highest BCUT2D eigenvalue weighted by atomic mass is 32.1. The number of rotatable bonds is 6. The van der Waals surface area contributed by atoms with Gasteiger partial charge in [-0.05, 0) is 121 Å². The first-order valence-corrected chi connectivity index (χ1v) is 20.6. The molecule has 0 saturated carbocycles. The largest absolute Gasteiger partial charge is 0.310 e. The van der Waals surface area contributed by atoms with Gasteiger partial charge in [-0.15, -0.1) is 11.3 Å². The maximum Gasteiger partial charge on any atom is 0.0554 e. The first-order chi connectivity index (χ1) is 28.0. The second-order valence-corrected chi connectivity index (χ2v) is 16.8. The van der Waals surface area contributed by atoms with E-state index in [9.17, 15) is 0 Å². The third kappa shape index (κ3) is 5.59. The summed E-state index contributed by atoms with van der Waals surface area (Å²) in [6.07, 6.45) is 0. The highest BCUT2D eigenvalue weighted by molar-refractivity contribution is 7.26. The van der Waals surface area contributed by atoms with E-state index in [1.807, 2.05) is 11.3 Å². The van der Waals surface area contributed by atoms with E-state index in [4.69, 9.17) is 0 Å². The van der Waals surface area contributed by atoms with Crippen molar-refractivity contribution in [2.45, 2.75) is 19.3 Å². The van der Waals surface area contributed by atoms with Crippen molar-refractivity contribution in [2.75, 3.05) is 4.90 Å². The van der Waals surface area contributed by atoms with Crippen LogP contribution in [0.2, 0.25) is 0 Å². The molecule has 0 spiro atoms. The standard InChI is InChI=1S/C55H39NS/c1-55(2)49-17-7-5-15-46(49)47-32-31-45(35-50(47)55)56(51-18-10-20-53-54(51)48-16-6-8-19-52(48)57-53)44-29-27-38(28-30-44)37-21-23-39(24-22-37)41-13-9-14-42(33-41)43-26-25-36-11-3-4-12-40(36)34-43/h3-35H,1-2H3. The van der Waals surface area contributed by atoms with Crippen LogP contribution in [0.4, 0.5) is 17.1 Å². The van der Waals surface area contributed by atoms with E-state index in [-0.39, 0.29) is 5.41 Å². The van der Waals surface area contributed by atoms with Crippen LogP contribution in [-0.4, -0.2) is 0 Å². The van der Waals surface area contributed by atoms with E-state index >= 15 is 0 Å². The van der Waals surface area contributed by atoms with Crippen LogP contribution in [0, 0.1) is 0 Å². The zero-order valence-corrected chi connectivity index (χ0v) is 32.7. The third-order valence-electron chi connectivity index (χ3n) is 12.1. The van der Waals surface area contributed by atoms with E-state index in [0.29, 0.717) is 0 Å². The second kappa shape index (κ2) is 13.2. The van der Waals surface area contributed by atoms with Gasteiger partial charge in [0.25, 0.3) is 0 Å². The number of nitrogens with zero attached hydrogens (tertiary/aromatic N) is 1. The smallest absolute Gasteiger partial charge is 0.0554 e. The van der Waals surface area contributed by atoms with Crippen molar-refractivity contribution in [1.82, 2.24) is 0 Å². The molecule has 0 bridgehead atoms. The topological polar surface area (TPSA) is 3.24 Å². The van der Waals surface area contributed by atoms with Crippen LogP contribution in [0.5, 0.6) is 0 Å². The highest BCUT2D eigenvalue weighted by Crippen LogP contribution is 2.52. The van der Waals surface area contributed by atoms with Crippen molar-refractivity contribution in [3.8, 4) is 44.5 Å². The minimum atomic E-state index is -0.0948. The fourth-order valence-corrected chi connectivity index (χ4v) is 10.2. The van der Waals surface area contributed by atoms with Crippen molar-refractivity contribution in [2.24, 2.45) is 0 Å². The quantitative estimate of drug-likeness (QED) is 0.164. The van der Waals surface area contributed by atoms with Gasteiger partial charge >= 0.3 is 0 Å². The third-order valence-corrected chi connectivity index (χ3v) is 13.2. The molecule has 1 nitrogen and oxygen atoms in total. The van der Waals surface area contributed by atoms with Crippen LogP contribution in [0.25, 0.3) is 75.5 Å². The average molecular weight is 746 g/mol. The Morgan fingerprint density at radius 3 is 1.79 bits per heavy atom. The highest BCUT2D eigenvalue weighted by Gasteiger charge is 2.36. The second-order valence-electron chi connectivity index (χ2n) is 15.8. The van der Waals surface area contributed by atoms with Gasteiger partial charge in [-0.2, -0.15) is 0 Å². The number of anilines is 3. The van der Waals surface area contributed by atoms with Gasteiger partial charge < -0.3 is 4.90 Å². The van der Waals surface area contributed by atoms with E-state index in [1.165, 1.54) is 98.0 Å². The lowest BCUT2D eigenvalue weighted by molar-refractivity contribution is 0.660. The lowest BCUT2D eigenvalue weighted by Crippen LogP contribution is -2.16. The summed E-state index contributed by atoms with van der Waals surface area (Å²) in [6.45, 7) is 4.72. The molecule has 0 saturated heterocycles. The van der Waals surface area contributed by atoms with Gasteiger partial charge in [-0.25, -0.2) is 0 Å². The Labute approximate surface area is 337 Å². The Morgan fingerprint density at radius 2 is 0.965 bits per heavy atom. The molecule has 0 unspecified atom stereocenters. The monoisotopic (exact) mass is 745 g/mol. The zero-order valence-electron chi connectivity index (χ0n) is 31.9. The van der Waals surface area contributed by atoms with Crippen molar-refractivity contribution in [3.05, 3.63) is 211 Å². The molecule has 0 fully saturated rings. The SMILES string of the molecule is CC1(C)c2ccccc2-c2ccc(N(c3ccc(-c4ccc(-c5cccc(-c6ccc7ccccc7c6)c5)cc4)cc3)c3cccc4sc5ccccc5c34)cc21. The van der Waals surface area contributed by atoms with Gasteiger partial charge in [0, 0.05) is 37.0 Å². The van der Waals surface area contributed by atoms with Crippen LogP contribution in [0.15, 0.2) is 200 Å². The van der Waals surface area contributed by atoms with Crippen molar-refractivity contribution in [3.63, 3.8) is 0 Å². The molecule has 0 radical (unpaired) electrons. The number of hydrogen-bond acceptors (Lipinski definition) is 2. The Bertz CT molecular complexity index is 3150. The van der Waals surface area contributed by atoms with Crippen molar-refractivity contribution >= 4 is 59.3 Å². The predicted molar refractivity (Wildman–Crippen MR) is 245 cm³/mol. The summed E-state index contributed by atoms with van der Waals surface area (Å²) in [4.78, 5) is 2.47. The molecule has 1 aliphatic rings. The minimum absolute atomic E-state index is 0.0948. The predicted octanol–water partition coefficient (Wildman–Crippen LogP) is 16.0. The summed E-state index contributed by atoms with van der Waals surface area (Å²) in [5, 5.41) is 5.12. The fourth-order valence-electron chi connectivity index (χ4n) is 9.11. The molecule has 57 heavy (non-hydrogen) atoms. The molecule has 0 N–H and O–H groups in total. The summed E-state index contributed by atoms with van der Waals surface area (Å²) in [5.41, 5.74) is 16.1. The maximum absolute atomic E-state index is 2.47. The Kier molecular flexibility index (Phi) is 7.77. The summed E-state index contributed by atoms with van der Waals surface area (Å²) in [5.74, 6) is 0. The van der Waals surface area contributed by atoms with Gasteiger partial charge in [0.2, 0.25) is 0 Å². The van der Waals surface area contributed by atoms with Gasteiger partial charge in [-0.3, -0.25) is 0 Å². The minimum Gasteiger partial charge on any atom is -0.310 e. The van der Waals surface area contributed by atoms with E-state index in [1.54, 1.807) is 0 Å². The first kappa shape index (κ1) is 33.6. The molecule has 11 rings (SSSR count). The van der Waals surface area contributed by atoms with Crippen LogP contribution in [0.1, 0.15) is 25.0 Å². The molecule has 0 amide bonds. The summed E-state index contributed by atoms with van der Waals surface area (Å²) in [6, 6.07) is 73.8. The summed E-state index contributed by atoms with van der Waals surface area (Å²) in [7, 11) is 0. The van der Waals surface area contributed by atoms with Crippen molar-refractivity contribution < 1.29 is 0 Å². The Morgan fingerprint density at radius 1 is 0.386 bits per heavy atom. The van der Waals surface area contributed by atoms with E-state index in [2.05, 4.69) is 219 Å². The van der Waals surface area contributed by atoms with Crippen LogP contribution < -0.4 is 4.90 Å². The van der Waals surface area contributed by atoms with Gasteiger partial charge in [0.1, 0.15) is 0 Å². The van der Waals surface area contributed by atoms with Gasteiger partial charge in [0.15, 0.2) is 0 Å². The summed E-state index contributed by atoms with van der Waals surface area (Å²) < 4.78 is 2.61. The number of fused-ring (bicyclic) bond motifs is 7. The van der Waals surface area contributed by atoms with E-state index < -0.39 is 0 Å². The maximum atomic E-state index is 2.47. The fraction of sp³-hybridized carbons (Fsp3) is 0.0545. The molecular weight excluding hydrogens is 707 g/mol. The van der Waals surface area contributed by atoms with Crippen LogP contribution in [-0.2, 0) is 5.41 Å².